The Morgan fingerprint density at radius 2 is 1.52 bits per heavy atom. The summed E-state index contributed by atoms with van der Waals surface area (Å²) in [6.07, 6.45) is 1.38. The molecule has 0 amide bonds. The first kappa shape index (κ1) is 17.6. The quantitative estimate of drug-likeness (QED) is 0.280. The Balaban J connectivity index is 2.01. The molecule has 0 spiro atoms. The summed E-state index contributed by atoms with van der Waals surface area (Å²) < 4.78 is 83.1. The first-order valence-electron chi connectivity index (χ1n) is 6.47. The second-order valence-electron chi connectivity index (χ2n) is 4.70. The van der Waals surface area contributed by atoms with Gasteiger partial charge in [-0.15, -0.1) is 0 Å². The van der Waals surface area contributed by atoms with Crippen LogP contribution in [0.25, 0.3) is 10.8 Å². The fraction of sp³-hybridized carbons (Fsp3) is 0. The van der Waals surface area contributed by atoms with Gasteiger partial charge >= 0.3 is 0 Å². The van der Waals surface area contributed by atoms with Crippen LogP contribution in [0, 0.1) is 29.1 Å². The van der Waals surface area contributed by atoms with E-state index in [1.165, 1.54) is 30.5 Å². The Morgan fingerprint density at radius 3 is 2.16 bits per heavy atom. The molecule has 3 aromatic rings. The van der Waals surface area contributed by atoms with E-state index < -0.39 is 45.9 Å². The molecule has 1 unspecified atom stereocenters. The van der Waals surface area contributed by atoms with E-state index in [1.807, 2.05) is 0 Å². The molecular formula is C15H5ClF5NO2S. The Hall–Kier alpha value is -2.26. The van der Waals surface area contributed by atoms with Gasteiger partial charge in [0.25, 0.3) is 0 Å². The molecule has 0 aliphatic heterocycles. The minimum Gasteiger partial charge on any atom is -0.390 e. The Kier molecular flexibility index (Phi) is 4.61. The van der Waals surface area contributed by atoms with Crippen molar-refractivity contribution in [3.63, 3.8) is 0 Å². The van der Waals surface area contributed by atoms with Crippen LogP contribution in [0.2, 0.25) is 5.15 Å². The summed E-state index contributed by atoms with van der Waals surface area (Å²) in [5, 5.41) is 1.18. The number of aromatic nitrogens is 1. The molecule has 3 nitrogen and oxygen atoms in total. The lowest BCUT2D eigenvalue weighted by molar-refractivity contribution is 0.352. The fourth-order valence-electron chi connectivity index (χ4n) is 2.00. The third-order valence-electron chi connectivity index (χ3n) is 3.21. The zero-order chi connectivity index (χ0) is 18.3. The second kappa shape index (κ2) is 6.57. The van der Waals surface area contributed by atoms with E-state index in [4.69, 9.17) is 11.6 Å². The highest BCUT2D eigenvalue weighted by atomic mass is 35.5. The van der Waals surface area contributed by atoms with Crippen molar-refractivity contribution >= 4 is 33.5 Å². The molecule has 0 saturated heterocycles. The van der Waals surface area contributed by atoms with E-state index >= 15 is 0 Å². The number of nitrogens with zero attached hydrogens (tertiary/aromatic N) is 1. The first-order chi connectivity index (χ1) is 11.8. The van der Waals surface area contributed by atoms with Crippen LogP contribution in [0.4, 0.5) is 22.0 Å². The van der Waals surface area contributed by atoms with E-state index in [1.54, 1.807) is 0 Å². The third kappa shape index (κ3) is 3.05. The van der Waals surface area contributed by atoms with Gasteiger partial charge in [0.15, 0.2) is 0 Å². The van der Waals surface area contributed by atoms with Crippen LogP contribution < -0.4 is 4.18 Å². The van der Waals surface area contributed by atoms with Gasteiger partial charge < -0.3 is 4.18 Å². The van der Waals surface area contributed by atoms with Crippen molar-refractivity contribution in [1.82, 2.24) is 4.98 Å². The van der Waals surface area contributed by atoms with Crippen LogP contribution in [-0.4, -0.2) is 9.19 Å². The maximum atomic E-state index is 13.6. The molecule has 1 atom stereocenters. The molecule has 130 valence electrons. The normalized spacial score (nSPS) is 12.4. The van der Waals surface area contributed by atoms with Crippen molar-refractivity contribution in [3.8, 4) is 5.75 Å². The predicted molar refractivity (Wildman–Crippen MR) is 80.0 cm³/mol. The fourth-order valence-corrected chi connectivity index (χ4v) is 3.03. The molecule has 25 heavy (non-hydrogen) atoms. The van der Waals surface area contributed by atoms with Crippen LogP contribution >= 0.6 is 11.6 Å². The van der Waals surface area contributed by atoms with E-state index in [9.17, 15) is 26.2 Å². The van der Waals surface area contributed by atoms with Gasteiger partial charge in [-0.3, -0.25) is 0 Å². The molecule has 2 aromatic carbocycles. The number of pyridine rings is 1. The number of hydrogen-bond donors (Lipinski definition) is 0. The van der Waals surface area contributed by atoms with Crippen LogP contribution in [0.15, 0.2) is 35.4 Å². The standard InChI is InChI=1S/C15H5ClF5NO2S/c16-15-8-2-1-7(5-6(8)3-4-22-15)25(23)24-14-12(20)10(18)9(17)11(19)13(14)21/h1-5H. The summed E-state index contributed by atoms with van der Waals surface area (Å²) in [5.41, 5.74) is 0. The largest absolute Gasteiger partial charge is 0.390 e. The van der Waals surface area contributed by atoms with Crippen molar-refractivity contribution < 1.29 is 30.3 Å². The van der Waals surface area contributed by atoms with Gasteiger partial charge in [0.1, 0.15) is 5.15 Å². The molecule has 0 bridgehead atoms. The van der Waals surface area contributed by atoms with Gasteiger partial charge in [0.2, 0.25) is 45.9 Å². The second-order valence-corrected chi connectivity index (χ2v) is 6.17. The van der Waals surface area contributed by atoms with Crippen LogP contribution in [-0.2, 0) is 11.1 Å². The maximum Gasteiger partial charge on any atom is 0.240 e. The van der Waals surface area contributed by atoms with Crippen molar-refractivity contribution in [2.45, 2.75) is 4.90 Å². The van der Waals surface area contributed by atoms with Crippen LogP contribution in [0.3, 0.4) is 0 Å². The lowest BCUT2D eigenvalue weighted by Gasteiger charge is -2.09. The van der Waals surface area contributed by atoms with Crippen LogP contribution in [0.1, 0.15) is 0 Å². The molecule has 0 aliphatic carbocycles. The monoisotopic (exact) mass is 393 g/mol. The van der Waals surface area contributed by atoms with Gasteiger partial charge in [-0.25, -0.2) is 22.4 Å². The van der Waals surface area contributed by atoms with E-state index in [-0.39, 0.29) is 10.0 Å². The molecule has 3 rings (SSSR count). The number of benzene rings is 2. The number of rotatable bonds is 3. The highest BCUT2D eigenvalue weighted by Crippen LogP contribution is 2.31. The zero-order valence-electron chi connectivity index (χ0n) is 11.8. The van der Waals surface area contributed by atoms with E-state index in [0.29, 0.717) is 10.8 Å². The summed E-state index contributed by atoms with van der Waals surface area (Å²) in [4.78, 5) is 3.77. The third-order valence-corrected chi connectivity index (χ3v) is 4.47. The molecule has 0 fully saturated rings. The summed E-state index contributed by atoms with van der Waals surface area (Å²) >= 11 is 3.33. The van der Waals surface area contributed by atoms with Gasteiger partial charge in [0, 0.05) is 11.6 Å². The van der Waals surface area contributed by atoms with Crippen molar-refractivity contribution in [1.29, 1.82) is 0 Å². The Labute approximate surface area is 144 Å². The van der Waals surface area contributed by atoms with Crippen molar-refractivity contribution in [2.24, 2.45) is 0 Å². The van der Waals surface area contributed by atoms with Gasteiger partial charge in [0.05, 0.1) is 4.90 Å². The van der Waals surface area contributed by atoms with E-state index in [2.05, 4.69) is 9.17 Å². The molecule has 0 N–H and O–H groups in total. The minimum absolute atomic E-state index is 0.0706. The minimum atomic E-state index is -2.54. The number of halogens is 6. The SMILES string of the molecule is O=S(Oc1c(F)c(F)c(F)c(F)c1F)c1ccc2c(Cl)nccc2c1. The highest BCUT2D eigenvalue weighted by Gasteiger charge is 2.28. The first-order valence-corrected chi connectivity index (χ1v) is 7.92. The smallest absolute Gasteiger partial charge is 0.240 e. The summed E-state index contributed by atoms with van der Waals surface area (Å²) in [6, 6.07) is 5.54. The Morgan fingerprint density at radius 1 is 0.920 bits per heavy atom. The predicted octanol–water partition coefficient (Wildman–Crippen LogP) is 4.69. The molecule has 0 saturated carbocycles. The highest BCUT2D eigenvalue weighted by molar-refractivity contribution is 7.80. The number of hydrogen-bond acceptors (Lipinski definition) is 3. The molecule has 1 heterocycles. The number of fused-ring (bicyclic) bond motifs is 1. The average molecular weight is 394 g/mol. The van der Waals surface area contributed by atoms with Crippen molar-refractivity contribution in [2.75, 3.05) is 0 Å². The molecule has 0 aliphatic rings. The lowest BCUT2D eigenvalue weighted by atomic mass is 10.2. The Bertz CT molecular complexity index is 1000. The summed E-state index contributed by atoms with van der Waals surface area (Å²) in [6.45, 7) is 0. The lowest BCUT2D eigenvalue weighted by Crippen LogP contribution is -2.09. The van der Waals surface area contributed by atoms with E-state index in [0.717, 1.165) is 0 Å². The van der Waals surface area contributed by atoms with Gasteiger partial charge in [-0.05, 0) is 29.7 Å². The topological polar surface area (TPSA) is 39.2 Å². The molecule has 0 radical (unpaired) electrons. The average Bonchev–Trinajstić information content (AvgIpc) is 2.61. The maximum absolute atomic E-state index is 13.6. The van der Waals surface area contributed by atoms with Gasteiger partial charge in [-0.2, -0.15) is 8.78 Å². The van der Waals surface area contributed by atoms with Gasteiger partial charge in [-0.1, -0.05) is 11.6 Å². The molecule has 1 aromatic heterocycles. The zero-order valence-corrected chi connectivity index (χ0v) is 13.4. The van der Waals surface area contributed by atoms with Crippen molar-refractivity contribution in [3.05, 3.63) is 64.7 Å². The molecular weight excluding hydrogens is 389 g/mol. The summed E-state index contributed by atoms with van der Waals surface area (Å²) in [7, 11) is 0. The van der Waals surface area contributed by atoms with Crippen LogP contribution in [0.5, 0.6) is 5.75 Å². The summed E-state index contributed by atoms with van der Waals surface area (Å²) in [5.74, 6) is -12.8. The molecule has 10 heteroatoms.